The molecule has 144 valence electrons. The van der Waals surface area contributed by atoms with Crippen molar-refractivity contribution in [3.63, 3.8) is 0 Å². The second-order valence-corrected chi connectivity index (χ2v) is 6.44. The highest BCUT2D eigenvalue weighted by Gasteiger charge is 2.22. The summed E-state index contributed by atoms with van der Waals surface area (Å²) in [4.78, 5) is 11.6. The number of hydrogen-bond donors (Lipinski definition) is 0. The number of methoxy groups -OCH3 is 1. The molecule has 0 radical (unpaired) electrons. The van der Waals surface area contributed by atoms with E-state index in [-0.39, 0.29) is 28.9 Å². The molecule has 0 spiro atoms. The number of hydrogen-bond acceptors (Lipinski definition) is 3. The zero-order chi connectivity index (χ0) is 20.3. The molecule has 0 aliphatic rings. The lowest BCUT2D eigenvalue weighted by Crippen LogP contribution is -2.06. The summed E-state index contributed by atoms with van der Waals surface area (Å²) in [6.07, 6.45) is -0.230. The first kappa shape index (κ1) is 19.6. The quantitative estimate of drug-likeness (QED) is 0.498. The molecule has 1 unspecified atom stereocenters. The van der Waals surface area contributed by atoms with E-state index in [0.717, 1.165) is 17.7 Å². The number of ether oxygens (including phenoxy) is 1. The van der Waals surface area contributed by atoms with Crippen molar-refractivity contribution < 1.29 is 17.9 Å². The van der Waals surface area contributed by atoms with Crippen molar-refractivity contribution in [2.45, 2.75) is 19.4 Å². The van der Waals surface area contributed by atoms with Crippen molar-refractivity contribution in [3.8, 4) is 5.75 Å². The number of nitroso groups, excluding NO2 is 1. The molecular weight excluding hydrogens is 367 g/mol. The minimum absolute atomic E-state index is 0.124. The predicted molar refractivity (Wildman–Crippen MR) is 101 cm³/mol. The van der Waals surface area contributed by atoms with Crippen LogP contribution in [0.3, 0.4) is 0 Å². The lowest BCUT2D eigenvalue weighted by Gasteiger charge is -2.17. The van der Waals surface area contributed by atoms with Crippen LogP contribution >= 0.6 is 0 Å². The van der Waals surface area contributed by atoms with Crippen LogP contribution in [0.5, 0.6) is 5.75 Å². The van der Waals surface area contributed by atoms with Crippen LogP contribution in [-0.4, -0.2) is 7.11 Å². The third-order valence-corrected chi connectivity index (χ3v) is 4.68. The first-order chi connectivity index (χ1) is 13.5. The maximum Gasteiger partial charge on any atom is 0.165 e. The summed E-state index contributed by atoms with van der Waals surface area (Å²) < 4.78 is 47.9. The number of nitrogens with zero attached hydrogens (tertiary/aromatic N) is 1. The van der Waals surface area contributed by atoms with Crippen molar-refractivity contribution in [2.24, 2.45) is 5.18 Å². The largest absolute Gasteiger partial charge is 0.493 e. The Bertz CT molecular complexity index is 1000. The standard InChI is InChI=1S/C22H18F3NO2/c1-13-6-3-4-7-16(13)21(26-27)14-10-15(22(28-2)20(25)12-14)11-17-18(23)8-5-9-19(17)24/h3-10,12,21H,11H2,1-2H3. The molecule has 0 saturated heterocycles. The van der Waals surface area contributed by atoms with Gasteiger partial charge in [-0.25, -0.2) is 13.2 Å². The van der Waals surface area contributed by atoms with Crippen molar-refractivity contribution in [3.05, 3.63) is 105 Å². The Hall–Kier alpha value is -3.15. The minimum Gasteiger partial charge on any atom is -0.493 e. The Morgan fingerprint density at radius 3 is 2.25 bits per heavy atom. The van der Waals surface area contributed by atoms with Gasteiger partial charge in [-0.3, -0.25) is 0 Å². The molecule has 0 fully saturated rings. The van der Waals surface area contributed by atoms with Gasteiger partial charge in [-0.15, -0.1) is 4.91 Å². The van der Waals surface area contributed by atoms with Gasteiger partial charge in [0.2, 0.25) is 0 Å². The van der Waals surface area contributed by atoms with Gasteiger partial charge in [0.25, 0.3) is 0 Å². The van der Waals surface area contributed by atoms with Crippen molar-refractivity contribution >= 4 is 0 Å². The molecule has 1 atom stereocenters. The molecule has 0 aliphatic carbocycles. The molecular formula is C22H18F3NO2. The first-order valence-electron chi connectivity index (χ1n) is 8.63. The van der Waals surface area contributed by atoms with E-state index in [4.69, 9.17) is 4.74 Å². The van der Waals surface area contributed by atoms with Gasteiger partial charge in [-0.1, -0.05) is 35.5 Å². The van der Waals surface area contributed by atoms with Gasteiger partial charge in [0.1, 0.15) is 17.7 Å². The van der Waals surface area contributed by atoms with Crippen LogP contribution in [0.15, 0.2) is 59.8 Å². The highest BCUT2D eigenvalue weighted by Crippen LogP contribution is 2.35. The lowest BCUT2D eigenvalue weighted by molar-refractivity contribution is 0.381. The highest BCUT2D eigenvalue weighted by atomic mass is 19.1. The molecule has 3 nitrogen and oxygen atoms in total. The van der Waals surface area contributed by atoms with Crippen LogP contribution in [0.2, 0.25) is 0 Å². The van der Waals surface area contributed by atoms with Crippen molar-refractivity contribution in [1.82, 2.24) is 0 Å². The van der Waals surface area contributed by atoms with Gasteiger partial charge in [-0.05, 0) is 47.9 Å². The summed E-state index contributed by atoms with van der Waals surface area (Å²) in [6, 6.07) is 12.4. The summed E-state index contributed by atoms with van der Waals surface area (Å²) in [6.45, 7) is 1.82. The van der Waals surface area contributed by atoms with Gasteiger partial charge in [0, 0.05) is 17.5 Å². The Kier molecular flexibility index (Phi) is 5.78. The summed E-state index contributed by atoms with van der Waals surface area (Å²) in [5.74, 6) is -2.33. The van der Waals surface area contributed by atoms with Crippen LogP contribution in [-0.2, 0) is 6.42 Å². The highest BCUT2D eigenvalue weighted by molar-refractivity contribution is 5.46. The van der Waals surface area contributed by atoms with Crippen LogP contribution in [0.4, 0.5) is 13.2 Å². The van der Waals surface area contributed by atoms with E-state index in [1.54, 1.807) is 12.1 Å². The van der Waals surface area contributed by atoms with E-state index < -0.39 is 23.5 Å². The SMILES string of the molecule is COc1c(F)cc(C(N=O)c2ccccc2C)cc1Cc1c(F)cccc1F. The maximum atomic E-state index is 14.7. The van der Waals surface area contributed by atoms with Crippen LogP contribution in [0.25, 0.3) is 0 Å². The fourth-order valence-corrected chi connectivity index (χ4v) is 3.27. The number of aryl methyl sites for hydroxylation is 1. The zero-order valence-electron chi connectivity index (χ0n) is 15.4. The molecule has 0 aliphatic heterocycles. The average molecular weight is 385 g/mol. The number of benzene rings is 3. The summed E-state index contributed by atoms with van der Waals surface area (Å²) >= 11 is 0. The molecule has 6 heteroatoms. The Labute approximate surface area is 160 Å². The molecule has 0 amide bonds. The summed E-state index contributed by atoms with van der Waals surface area (Å²) in [5, 5.41) is 3.16. The number of halogens is 3. The monoisotopic (exact) mass is 385 g/mol. The van der Waals surface area contributed by atoms with Gasteiger partial charge in [0.05, 0.1) is 7.11 Å². The van der Waals surface area contributed by atoms with Crippen molar-refractivity contribution in [1.29, 1.82) is 0 Å². The van der Waals surface area contributed by atoms with E-state index in [9.17, 15) is 18.1 Å². The van der Waals surface area contributed by atoms with E-state index in [2.05, 4.69) is 5.18 Å². The smallest absolute Gasteiger partial charge is 0.165 e. The fraction of sp³-hybridized carbons (Fsp3) is 0.182. The van der Waals surface area contributed by atoms with E-state index in [1.165, 1.54) is 25.3 Å². The topological polar surface area (TPSA) is 38.7 Å². The van der Waals surface area contributed by atoms with E-state index >= 15 is 0 Å². The van der Waals surface area contributed by atoms with Gasteiger partial charge >= 0.3 is 0 Å². The molecule has 0 heterocycles. The van der Waals surface area contributed by atoms with Crippen LogP contribution < -0.4 is 4.74 Å². The van der Waals surface area contributed by atoms with Crippen LogP contribution in [0, 0.1) is 29.3 Å². The Balaban J connectivity index is 2.12. The first-order valence-corrected chi connectivity index (χ1v) is 8.63. The minimum atomic E-state index is -0.953. The summed E-state index contributed by atoms with van der Waals surface area (Å²) in [7, 11) is 1.27. The molecule has 3 aromatic carbocycles. The Morgan fingerprint density at radius 1 is 0.964 bits per heavy atom. The van der Waals surface area contributed by atoms with E-state index in [0.29, 0.717) is 5.56 Å². The fourth-order valence-electron chi connectivity index (χ4n) is 3.27. The molecule has 0 saturated carbocycles. The molecule has 0 N–H and O–H groups in total. The number of rotatable bonds is 6. The Morgan fingerprint density at radius 2 is 1.64 bits per heavy atom. The van der Waals surface area contributed by atoms with Gasteiger partial charge in [-0.2, -0.15) is 0 Å². The third-order valence-electron chi connectivity index (χ3n) is 4.68. The normalized spacial score (nSPS) is 11.9. The predicted octanol–water partition coefficient (Wildman–Crippen LogP) is 5.87. The second kappa shape index (κ2) is 8.25. The van der Waals surface area contributed by atoms with E-state index in [1.807, 2.05) is 19.1 Å². The molecule has 3 aromatic rings. The molecule has 0 bridgehead atoms. The molecule has 3 rings (SSSR count). The van der Waals surface area contributed by atoms with Gasteiger partial charge in [0.15, 0.2) is 11.6 Å². The maximum absolute atomic E-state index is 14.7. The van der Waals surface area contributed by atoms with Crippen molar-refractivity contribution in [2.75, 3.05) is 7.11 Å². The lowest BCUT2D eigenvalue weighted by atomic mass is 9.92. The zero-order valence-corrected chi connectivity index (χ0v) is 15.4. The second-order valence-electron chi connectivity index (χ2n) is 6.44. The third kappa shape index (κ3) is 3.76. The van der Waals surface area contributed by atoms with Crippen LogP contribution in [0.1, 0.15) is 33.9 Å². The average Bonchev–Trinajstić information content (AvgIpc) is 2.67. The summed E-state index contributed by atoms with van der Waals surface area (Å²) in [5.41, 5.74) is 1.76. The molecule has 28 heavy (non-hydrogen) atoms. The molecule has 0 aromatic heterocycles. The van der Waals surface area contributed by atoms with Gasteiger partial charge < -0.3 is 4.74 Å².